The van der Waals surface area contributed by atoms with Crippen LogP contribution in [-0.4, -0.2) is 23.2 Å². The van der Waals surface area contributed by atoms with E-state index in [1.807, 2.05) is 19.1 Å². The molecule has 0 saturated carbocycles. The van der Waals surface area contributed by atoms with Crippen molar-refractivity contribution in [1.29, 1.82) is 0 Å². The van der Waals surface area contributed by atoms with Crippen molar-refractivity contribution in [1.82, 2.24) is 4.98 Å². The Balaban J connectivity index is 2.55. The maximum Gasteiger partial charge on any atom is 0.307 e. The zero-order valence-electron chi connectivity index (χ0n) is 9.20. The van der Waals surface area contributed by atoms with Crippen molar-refractivity contribution in [2.75, 3.05) is 7.11 Å². The fourth-order valence-corrected chi connectivity index (χ4v) is 1.84. The number of carboxylic acids is 1. The molecule has 0 spiro atoms. The molecule has 0 aliphatic carbocycles. The summed E-state index contributed by atoms with van der Waals surface area (Å²) in [6, 6.07) is 3.83. The van der Waals surface area contributed by atoms with Gasteiger partial charge in [-0.2, -0.15) is 0 Å². The SMILES string of the molecule is COc1cc2[nH]cc(CC(=O)O)c2cc1C. The average molecular weight is 219 g/mol. The second kappa shape index (κ2) is 3.89. The third-order valence-electron chi connectivity index (χ3n) is 2.62. The fraction of sp³-hybridized carbons (Fsp3) is 0.250. The summed E-state index contributed by atoms with van der Waals surface area (Å²) in [7, 11) is 1.62. The molecule has 2 aromatic rings. The third-order valence-corrected chi connectivity index (χ3v) is 2.62. The minimum atomic E-state index is -0.825. The van der Waals surface area contributed by atoms with Gasteiger partial charge in [-0.25, -0.2) is 0 Å². The van der Waals surface area contributed by atoms with Crippen LogP contribution in [0.4, 0.5) is 0 Å². The number of rotatable bonds is 3. The van der Waals surface area contributed by atoms with E-state index in [1.165, 1.54) is 0 Å². The number of aryl methyl sites for hydroxylation is 1. The number of carbonyl (C=O) groups is 1. The largest absolute Gasteiger partial charge is 0.496 e. The average Bonchev–Trinajstić information content (AvgIpc) is 2.59. The maximum absolute atomic E-state index is 10.7. The molecule has 2 rings (SSSR count). The summed E-state index contributed by atoms with van der Waals surface area (Å²) in [6.45, 7) is 1.94. The summed E-state index contributed by atoms with van der Waals surface area (Å²) in [6.07, 6.45) is 1.77. The minimum Gasteiger partial charge on any atom is -0.496 e. The van der Waals surface area contributed by atoms with E-state index >= 15 is 0 Å². The predicted molar refractivity (Wildman–Crippen MR) is 60.9 cm³/mol. The molecule has 0 aliphatic heterocycles. The first-order valence-corrected chi connectivity index (χ1v) is 4.98. The van der Waals surface area contributed by atoms with Crippen LogP contribution in [-0.2, 0) is 11.2 Å². The summed E-state index contributed by atoms with van der Waals surface area (Å²) in [5.41, 5.74) is 2.70. The van der Waals surface area contributed by atoms with Crippen LogP contribution < -0.4 is 4.74 Å². The van der Waals surface area contributed by atoms with Gasteiger partial charge >= 0.3 is 5.97 Å². The molecule has 0 unspecified atom stereocenters. The van der Waals surface area contributed by atoms with Crippen LogP contribution >= 0.6 is 0 Å². The number of hydrogen-bond donors (Lipinski definition) is 2. The second-order valence-corrected chi connectivity index (χ2v) is 3.75. The zero-order chi connectivity index (χ0) is 11.7. The lowest BCUT2D eigenvalue weighted by Crippen LogP contribution is -1.98. The van der Waals surface area contributed by atoms with E-state index in [2.05, 4.69) is 4.98 Å². The number of nitrogens with one attached hydrogen (secondary N) is 1. The van der Waals surface area contributed by atoms with E-state index in [9.17, 15) is 4.79 Å². The smallest absolute Gasteiger partial charge is 0.307 e. The molecule has 0 fully saturated rings. The monoisotopic (exact) mass is 219 g/mol. The Morgan fingerprint density at radius 2 is 2.25 bits per heavy atom. The summed E-state index contributed by atoms with van der Waals surface area (Å²) < 4.78 is 5.21. The first kappa shape index (κ1) is 10.5. The highest BCUT2D eigenvalue weighted by Crippen LogP contribution is 2.27. The molecule has 84 valence electrons. The van der Waals surface area contributed by atoms with Crippen LogP contribution in [0.2, 0.25) is 0 Å². The Bertz CT molecular complexity index is 542. The van der Waals surface area contributed by atoms with Gasteiger partial charge in [0.25, 0.3) is 0 Å². The molecule has 1 aromatic carbocycles. The molecule has 1 aromatic heterocycles. The van der Waals surface area contributed by atoms with Gasteiger partial charge in [0, 0.05) is 23.2 Å². The van der Waals surface area contributed by atoms with E-state index < -0.39 is 5.97 Å². The second-order valence-electron chi connectivity index (χ2n) is 3.75. The molecule has 0 saturated heterocycles. The first-order valence-electron chi connectivity index (χ1n) is 4.98. The van der Waals surface area contributed by atoms with E-state index in [-0.39, 0.29) is 6.42 Å². The molecule has 2 N–H and O–H groups in total. The molecule has 0 atom stereocenters. The summed E-state index contributed by atoms with van der Waals surface area (Å²) >= 11 is 0. The highest BCUT2D eigenvalue weighted by atomic mass is 16.5. The summed E-state index contributed by atoms with van der Waals surface area (Å²) in [5.74, 6) is -0.0226. The summed E-state index contributed by atoms with van der Waals surface area (Å²) in [5, 5.41) is 9.72. The number of methoxy groups -OCH3 is 1. The van der Waals surface area contributed by atoms with E-state index in [0.717, 1.165) is 27.8 Å². The molecule has 0 amide bonds. The Hall–Kier alpha value is -1.97. The number of H-pyrrole nitrogens is 1. The number of fused-ring (bicyclic) bond motifs is 1. The van der Waals surface area contributed by atoms with Crippen LogP contribution in [0, 0.1) is 6.92 Å². The number of aromatic amines is 1. The van der Waals surface area contributed by atoms with Crippen LogP contribution in [0.3, 0.4) is 0 Å². The van der Waals surface area contributed by atoms with Gasteiger partial charge in [-0.3, -0.25) is 4.79 Å². The molecule has 4 nitrogen and oxygen atoms in total. The van der Waals surface area contributed by atoms with E-state index in [4.69, 9.17) is 9.84 Å². The fourth-order valence-electron chi connectivity index (χ4n) is 1.84. The number of carboxylic acid groups (broad SMARTS) is 1. The van der Waals surface area contributed by atoms with Gasteiger partial charge < -0.3 is 14.8 Å². The van der Waals surface area contributed by atoms with Crippen LogP contribution in [0.5, 0.6) is 5.75 Å². The topological polar surface area (TPSA) is 62.3 Å². The Labute approximate surface area is 92.9 Å². The van der Waals surface area contributed by atoms with Gasteiger partial charge in [0.15, 0.2) is 0 Å². The molecule has 0 bridgehead atoms. The third kappa shape index (κ3) is 1.74. The molecule has 0 radical (unpaired) electrons. The van der Waals surface area contributed by atoms with Crippen molar-refractivity contribution >= 4 is 16.9 Å². The van der Waals surface area contributed by atoms with E-state index in [0.29, 0.717) is 0 Å². The minimum absolute atomic E-state index is 0.0335. The highest BCUT2D eigenvalue weighted by Gasteiger charge is 2.09. The Morgan fingerprint density at radius 1 is 1.50 bits per heavy atom. The lowest BCUT2D eigenvalue weighted by molar-refractivity contribution is -0.136. The van der Waals surface area contributed by atoms with Crippen molar-refractivity contribution in [3.8, 4) is 5.75 Å². The van der Waals surface area contributed by atoms with Gasteiger partial charge in [0.1, 0.15) is 5.75 Å². The van der Waals surface area contributed by atoms with Crippen molar-refractivity contribution < 1.29 is 14.6 Å². The Kier molecular flexibility index (Phi) is 2.56. The number of aliphatic carboxylic acids is 1. The molecule has 0 aliphatic rings. The lowest BCUT2D eigenvalue weighted by atomic mass is 10.1. The number of ether oxygens (including phenoxy) is 1. The number of benzene rings is 1. The highest BCUT2D eigenvalue weighted by molar-refractivity contribution is 5.88. The first-order chi connectivity index (χ1) is 7.61. The maximum atomic E-state index is 10.7. The van der Waals surface area contributed by atoms with Crippen molar-refractivity contribution in [2.45, 2.75) is 13.3 Å². The molecular formula is C12H13NO3. The lowest BCUT2D eigenvalue weighted by Gasteiger charge is -2.04. The quantitative estimate of drug-likeness (QED) is 0.831. The normalized spacial score (nSPS) is 10.6. The molecular weight excluding hydrogens is 206 g/mol. The van der Waals surface area contributed by atoms with Crippen molar-refractivity contribution in [2.24, 2.45) is 0 Å². The molecule has 16 heavy (non-hydrogen) atoms. The number of hydrogen-bond acceptors (Lipinski definition) is 2. The van der Waals surface area contributed by atoms with E-state index in [1.54, 1.807) is 13.3 Å². The van der Waals surface area contributed by atoms with Crippen molar-refractivity contribution in [3.05, 3.63) is 29.5 Å². The van der Waals surface area contributed by atoms with Crippen LogP contribution in [0.1, 0.15) is 11.1 Å². The summed E-state index contributed by atoms with van der Waals surface area (Å²) in [4.78, 5) is 13.7. The van der Waals surface area contributed by atoms with Gasteiger partial charge in [-0.15, -0.1) is 0 Å². The van der Waals surface area contributed by atoms with Gasteiger partial charge in [-0.1, -0.05) is 0 Å². The van der Waals surface area contributed by atoms with Gasteiger partial charge in [-0.05, 0) is 24.1 Å². The number of aromatic nitrogens is 1. The van der Waals surface area contributed by atoms with Crippen LogP contribution in [0.25, 0.3) is 10.9 Å². The molecule has 4 heteroatoms. The van der Waals surface area contributed by atoms with Gasteiger partial charge in [0.2, 0.25) is 0 Å². The zero-order valence-corrected chi connectivity index (χ0v) is 9.20. The predicted octanol–water partition coefficient (Wildman–Crippen LogP) is 2.11. The Morgan fingerprint density at radius 3 is 2.88 bits per heavy atom. The molecule has 1 heterocycles. The van der Waals surface area contributed by atoms with Gasteiger partial charge in [0.05, 0.1) is 13.5 Å². The standard InChI is InChI=1S/C12H13NO3/c1-7-3-9-8(4-12(14)15)6-13-10(9)5-11(7)16-2/h3,5-6,13H,4H2,1-2H3,(H,14,15). The van der Waals surface area contributed by atoms with Crippen LogP contribution in [0.15, 0.2) is 18.3 Å². The van der Waals surface area contributed by atoms with Crippen molar-refractivity contribution in [3.63, 3.8) is 0 Å².